The SMILES string of the molecule is O=C(Nc1ccc(C=Cc2ccc(NC(=O)[C@@H]3CCCN3C(=O)c3ncccc3-c3ccc(Cl)cc3)cc2)cc1)[C@@H]1CCCN1C(=O)c1ncccc1-c1ccc(Cl)cc1. The number of likely N-dealkylation sites (tertiary alicyclic amines) is 2. The summed E-state index contributed by atoms with van der Waals surface area (Å²) in [5.41, 5.74) is 6.70. The van der Waals surface area contributed by atoms with Gasteiger partial charge in [0, 0.05) is 58.0 Å². The third-order valence-electron chi connectivity index (χ3n) is 10.8. The van der Waals surface area contributed by atoms with Crippen LogP contribution in [-0.2, 0) is 9.59 Å². The summed E-state index contributed by atoms with van der Waals surface area (Å²) < 4.78 is 0. The van der Waals surface area contributed by atoms with E-state index in [0.29, 0.717) is 82.7 Å². The van der Waals surface area contributed by atoms with Crippen LogP contribution in [0.3, 0.4) is 0 Å². The summed E-state index contributed by atoms with van der Waals surface area (Å²) in [4.78, 5) is 66.6. The van der Waals surface area contributed by atoms with Crippen LogP contribution in [-0.4, -0.2) is 68.6 Å². The normalized spacial score (nSPS) is 16.2. The molecule has 0 aliphatic carbocycles. The molecular weight excluding hydrogens is 795 g/mol. The molecule has 2 aliphatic rings. The third-order valence-corrected chi connectivity index (χ3v) is 11.3. The monoisotopic (exact) mass is 834 g/mol. The molecular formula is C48H40Cl2N6O4. The number of rotatable bonds is 10. The van der Waals surface area contributed by atoms with Crippen molar-refractivity contribution in [3.05, 3.63) is 166 Å². The predicted molar refractivity (Wildman–Crippen MR) is 237 cm³/mol. The molecule has 0 radical (unpaired) electrons. The Bertz CT molecular complexity index is 2380. The zero-order valence-electron chi connectivity index (χ0n) is 32.4. The van der Waals surface area contributed by atoms with Crippen molar-refractivity contribution in [2.24, 2.45) is 0 Å². The van der Waals surface area contributed by atoms with Crippen LogP contribution in [0.2, 0.25) is 10.0 Å². The number of halogens is 2. The molecule has 2 atom stereocenters. The molecule has 0 spiro atoms. The fraction of sp³-hybridized carbons (Fsp3) is 0.167. The summed E-state index contributed by atoms with van der Waals surface area (Å²) in [6, 6.07) is 35.4. The number of carbonyl (C=O) groups is 4. The number of nitrogens with zero attached hydrogens (tertiary/aromatic N) is 4. The van der Waals surface area contributed by atoms with E-state index < -0.39 is 12.1 Å². The van der Waals surface area contributed by atoms with Gasteiger partial charge < -0.3 is 20.4 Å². The van der Waals surface area contributed by atoms with E-state index in [-0.39, 0.29) is 23.6 Å². The highest BCUT2D eigenvalue weighted by atomic mass is 35.5. The van der Waals surface area contributed by atoms with E-state index in [4.69, 9.17) is 23.2 Å². The van der Waals surface area contributed by atoms with Gasteiger partial charge in [-0.15, -0.1) is 0 Å². The molecule has 10 nitrogen and oxygen atoms in total. The molecule has 2 saturated heterocycles. The molecule has 4 aromatic carbocycles. The van der Waals surface area contributed by atoms with Crippen LogP contribution >= 0.6 is 23.2 Å². The van der Waals surface area contributed by atoms with E-state index in [0.717, 1.165) is 22.3 Å². The molecule has 2 fully saturated rings. The predicted octanol–water partition coefficient (Wildman–Crippen LogP) is 9.77. The van der Waals surface area contributed by atoms with E-state index in [1.54, 1.807) is 58.6 Å². The molecule has 4 heterocycles. The van der Waals surface area contributed by atoms with Gasteiger partial charge in [-0.3, -0.25) is 29.1 Å². The molecule has 2 aliphatic heterocycles. The lowest BCUT2D eigenvalue weighted by Crippen LogP contribution is -2.43. The lowest BCUT2D eigenvalue weighted by Gasteiger charge is -2.24. The molecule has 0 bridgehead atoms. The maximum absolute atomic E-state index is 13.8. The molecule has 2 N–H and O–H groups in total. The molecule has 60 heavy (non-hydrogen) atoms. The molecule has 8 rings (SSSR count). The molecule has 6 aromatic rings. The van der Waals surface area contributed by atoms with Crippen molar-refractivity contribution in [1.29, 1.82) is 0 Å². The number of amides is 4. The molecule has 2 aromatic heterocycles. The van der Waals surface area contributed by atoms with Gasteiger partial charge in [-0.25, -0.2) is 0 Å². The smallest absolute Gasteiger partial charge is 0.273 e. The van der Waals surface area contributed by atoms with Gasteiger partial charge in [-0.05, 0) is 109 Å². The Morgan fingerprint density at radius 3 is 1.30 bits per heavy atom. The number of pyridine rings is 2. The Hall–Kier alpha value is -6.62. The van der Waals surface area contributed by atoms with E-state index in [1.165, 1.54) is 0 Å². The Morgan fingerprint density at radius 2 is 0.917 bits per heavy atom. The fourth-order valence-corrected chi connectivity index (χ4v) is 7.96. The first-order valence-electron chi connectivity index (χ1n) is 19.8. The molecule has 300 valence electrons. The van der Waals surface area contributed by atoms with E-state index in [1.807, 2.05) is 97.1 Å². The third kappa shape index (κ3) is 9.00. The van der Waals surface area contributed by atoms with Gasteiger partial charge in [0.15, 0.2) is 0 Å². The first-order chi connectivity index (χ1) is 29.2. The number of carbonyl (C=O) groups excluding carboxylic acids is 4. The van der Waals surface area contributed by atoms with Crippen LogP contribution < -0.4 is 10.6 Å². The zero-order valence-corrected chi connectivity index (χ0v) is 33.9. The second kappa shape index (κ2) is 18.1. The number of benzene rings is 4. The van der Waals surface area contributed by atoms with Crippen molar-refractivity contribution >= 4 is 70.4 Å². The van der Waals surface area contributed by atoms with Gasteiger partial charge in [0.05, 0.1) is 0 Å². The summed E-state index contributed by atoms with van der Waals surface area (Å²) in [5, 5.41) is 7.17. The summed E-state index contributed by atoms with van der Waals surface area (Å²) in [6.07, 6.45) is 9.63. The topological polar surface area (TPSA) is 125 Å². The van der Waals surface area contributed by atoms with Crippen molar-refractivity contribution in [1.82, 2.24) is 19.8 Å². The van der Waals surface area contributed by atoms with Gasteiger partial charge in [0.2, 0.25) is 11.8 Å². The number of hydrogen-bond acceptors (Lipinski definition) is 6. The highest BCUT2D eigenvalue weighted by molar-refractivity contribution is 6.31. The minimum atomic E-state index is -0.620. The highest BCUT2D eigenvalue weighted by Crippen LogP contribution is 2.30. The van der Waals surface area contributed by atoms with Crippen LogP contribution in [0.15, 0.2) is 134 Å². The molecule has 12 heteroatoms. The van der Waals surface area contributed by atoms with Gasteiger partial charge in [-0.2, -0.15) is 0 Å². The molecule has 4 amide bonds. The number of anilines is 2. The first-order valence-corrected chi connectivity index (χ1v) is 20.5. The van der Waals surface area contributed by atoms with Crippen molar-refractivity contribution < 1.29 is 19.2 Å². The minimum absolute atomic E-state index is 0.246. The van der Waals surface area contributed by atoms with Crippen LogP contribution in [0.4, 0.5) is 11.4 Å². The average Bonchev–Trinajstić information content (AvgIpc) is 3.99. The summed E-state index contributed by atoms with van der Waals surface area (Å²) in [6.45, 7) is 0.926. The Balaban J connectivity index is 0.856. The molecule has 0 unspecified atom stereocenters. The number of aromatic nitrogens is 2. The van der Waals surface area contributed by atoms with E-state index in [9.17, 15) is 19.2 Å². The number of hydrogen-bond donors (Lipinski definition) is 2. The fourth-order valence-electron chi connectivity index (χ4n) is 7.71. The van der Waals surface area contributed by atoms with Crippen molar-refractivity contribution in [2.45, 2.75) is 37.8 Å². The van der Waals surface area contributed by atoms with Gasteiger partial charge in [-0.1, -0.05) is 96.0 Å². The van der Waals surface area contributed by atoms with Crippen molar-refractivity contribution in [2.75, 3.05) is 23.7 Å². The lowest BCUT2D eigenvalue weighted by molar-refractivity contribution is -0.120. The van der Waals surface area contributed by atoms with Gasteiger partial charge in [0.1, 0.15) is 23.5 Å². The summed E-state index contributed by atoms with van der Waals surface area (Å²) in [5.74, 6) is -1.06. The van der Waals surface area contributed by atoms with E-state index in [2.05, 4.69) is 20.6 Å². The lowest BCUT2D eigenvalue weighted by atomic mass is 10.0. The van der Waals surface area contributed by atoms with Crippen LogP contribution in [0.25, 0.3) is 34.4 Å². The van der Waals surface area contributed by atoms with Gasteiger partial charge in [0.25, 0.3) is 11.8 Å². The summed E-state index contributed by atoms with van der Waals surface area (Å²) in [7, 11) is 0. The Labute approximate surface area is 357 Å². The Kier molecular flexibility index (Phi) is 12.1. The first kappa shape index (κ1) is 40.2. The largest absolute Gasteiger partial charge is 0.325 e. The highest BCUT2D eigenvalue weighted by Gasteiger charge is 2.37. The maximum Gasteiger partial charge on any atom is 0.273 e. The van der Waals surface area contributed by atoms with Crippen LogP contribution in [0, 0.1) is 0 Å². The second-order valence-corrected chi connectivity index (χ2v) is 15.6. The van der Waals surface area contributed by atoms with Crippen molar-refractivity contribution in [3.8, 4) is 22.3 Å². The maximum atomic E-state index is 13.8. The summed E-state index contributed by atoms with van der Waals surface area (Å²) >= 11 is 12.2. The zero-order chi connectivity index (χ0) is 41.6. The van der Waals surface area contributed by atoms with Crippen LogP contribution in [0.1, 0.15) is 57.8 Å². The minimum Gasteiger partial charge on any atom is -0.325 e. The van der Waals surface area contributed by atoms with Crippen LogP contribution in [0.5, 0.6) is 0 Å². The Morgan fingerprint density at radius 1 is 0.533 bits per heavy atom. The number of nitrogens with one attached hydrogen (secondary N) is 2. The van der Waals surface area contributed by atoms with E-state index >= 15 is 0 Å². The standard InChI is InChI=1S/C48H40Cl2N6O4/c49-35-19-15-33(16-20-35)39-5-1-27-51-43(39)47(59)55-29-3-7-41(55)45(57)53-37-23-11-31(12-24-37)9-10-32-13-25-38(26-14-32)54-46(58)42-8-4-30-56(42)48(60)44-40(6-2-28-52-44)34-17-21-36(50)22-18-34/h1-2,5-6,9-28,41-42H,3-4,7-8,29-30H2,(H,53,57)(H,54,58)/t41-,42-/m0/s1. The average molecular weight is 836 g/mol. The molecule has 0 saturated carbocycles. The van der Waals surface area contributed by atoms with Crippen molar-refractivity contribution in [3.63, 3.8) is 0 Å². The second-order valence-electron chi connectivity index (χ2n) is 14.7. The van der Waals surface area contributed by atoms with Gasteiger partial charge >= 0.3 is 0 Å². The quantitative estimate of drug-likeness (QED) is 0.133.